The Kier molecular flexibility index (Phi) is 4.73. The van der Waals surface area contributed by atoms with E-state index < -0.39 is 0 Å². The van der Waals surface area contributed by atoms with Crippen molar-refractivity contribution in [1.82, 2.24) is 15.5 Å². The lowest BCUT2D eigenvalue weighted by atomic mass is 9.97. The molecule has 19 heavy (non-hydrogen) atoms. The van der Waals surface area contributed by atoms with Gasteiger partial charge in [-0.05, 0) is 25.8 Å². The minimum absolute atomic E-state index is 0.0233. The third-order valence-corrected chi connectivity index (χ3v) is 3.33. The Hall–Kier alpha value is -1.63. The SMILES string of the molecule is CCCNCc1nnc(N2CCC(C(N)=O)CC2)o1. The minimum Gasteiger partial charge on any atom is -0.407 e. The summed E-state index contributed by atoms with van der Waals surface area (Å²) in [6.07, 6.45) is 2.57. The van der Waals surface area contributed by atoms with E-state index in [1.165, 1.54) is 0 Å². The summed E-state index contributed by atoms with van der Waals surface area (Å²) in [4.78, 5) is 13.1. The number of nitrogens with two attached hydrogens (primary N) is 1. The average Bonchev–Trinajstić information content (AvgIpc) is 2.88. The zero-order valence-corrected chi connectivity index (χ0v) is 11.3. The molecule has 0 spiro atoms. The molecular formula is C12H21N5O2. The van der Waals surface area contributed by atoms with E-state index in [2.05, 4.69) is 22.4 Å². The van der Waals surface area contributed by atoms with E-state index in [0.29, 0.717) is 18.5 Å². The first-order chi connectivity index (χ1) is 9.20. The first-order valence-electron chi connectivity index (χ1n) is 6.78. The lowest BCUT2D eigenvalue weighted by molar-refractivity contribution is -0.122. The topological polar surface area (TPSA) is 97.3 Å². The van der Waals surface area contributed by atoms with Crippen molar-refractivity contribution in [3.05, 3.63) is 5.89 Å². The summed E-state index contributed by atoms with van der Waals surface area (Å²) in [5, 5.41) is 11.3. The summed E-state index contributed by atoms with van der Waals surface area (Å²) in [7, 11) is 0. The number of primary amides is 1. The van der Waals surface area contributed by atoms with Crippen molar-refractivity contribution in [3.63, 3.8) is 0 Å². The van der Waals surface area contributed by atoms with Gasteiger partial charge in [-0.15, -0.1) is 5.10 Å². The molecule has 1 aliphatic heterocycles. The molecule has 1 aromatic heterocycles. The molecule has 1 fully saturated rings. The first kappa shape index (κ1) is 13.8. The first-order valence-corrected chi connectivity index (χ1v) is 6.78. The molecular weight excluding hydrogens is 246 g/mol. The van der Waals surface area contributed by atoms with Crippen LogP contribution in [0.15, 0.2) is 4.42 Å². The predicted molar refractivity (Wildman–Crippen MR) is 70.4 cm³/mol. The van der Waals surface area contributed by atoms with E-state index in [1.807, 2.05) is 4.90 Å². The van der Waals surface area contributed by atoms with Gasteiger partial charge in [-0.25, -0.2) is 0 Å². The molecule has 3 N–H and O–H groups in total. The van der Waals surface area contributed by atoms with Gasteiger partial charge in [0.1, 0.15) is 0 Å². The number of nitrogens with one attached hydrogen (secondary N) is 1. The molecule has 1 saturated heterocycles. The van der Waals surface area contributed by atoms with Crippen LogP contribution in [0.2, 0.25) is 0 Å². The second-order valence-electron chi connectivity index (χ2n) is 4.82. The van der Waals surface area contributed by atoms with Crippen LogP contribution in [0.4, 0.5) is 6.01 Å². The molecule has 1 amide bonds. The number of hydrogen-bond donors (Lipinski definition) is 2. The molecule has 0 saturated carbocycles. The molecule has 0 bridgehead atoms. The average molecular weight is 267 g/mol. The standard InChI is InChI=1S/C12H21N5O2/c1-2-5-14-8-10-15-16-12(19-10)17-6-3-9(4-7-17)11(13)18/h9,14H,2-8H2,1H3,(H2,13,18). The molecule has 0 aliphatic carbocycles. The molecule has 7 heteroatoms. The van der Waals surface area contributed by atoms with E-state index >= 15 is 0 Å². The molecule has 7 nitrogen and oxygen atoms in total. The van der Waals surface area contributed by atoms with Gasteiger partial charge in [-0.3, -0.25) is 4.79 Å². The van der Waals surface area contributed by atoms with Crippen molar-refractivity contribution in [2.24, 2.45) is 11.7 Å². The van der Waals surface area contributed by atoms with Gasteiger partial charge in [0.15, 0.2) is 0 Å². The van der Waals surface area contributed by atoms with Crippen LogP contribution in [0.3, 0.4) is 0 Å². The number of carbonyl (C=O) groups is 1. The van der Waals surface area contributed by atoms with Crippen LogP contribution in [0.25, 0.3) is 0 Å². The van der Waals surface area contributed by atoms with E-state index in [0.717, 1.165) is 38.9 Å². The molecule has 0 aromatic carbocycles. The lowest BCUT2D eigenvalue weighted by Gasteiger charge is -2.28. The second kappa shape index (κ2) is 6.51. The van der Waals surface area contributed by atoms with Crippen LogP contribution in [0.5, 0.6) is 0 Å². The molecule has 0 atom stereocenters. The number of carbonyl (C=O) groups excluding carboxylic acids is 1. The quantitative estimate of drug-likeness (QED) is 0.718. The number of hydrogen-bond acceptors (Lipinski definition) is 6. The maximum Gasteiger partial charge on any atom is 0.318 e. The monoisotopic (exact) mass is 267 g/mol. The Morgan fingerprint density at radius 3 is 2.84 bits per heavy atom. The van der Waals surface area contributed by atoms with Gasteiger partial charge in [0.25, 0.3) is 0 Å². The summed E-state index contributed by atoms with van der Waals surface area (Å²) >= 11 is 0. The Morgan fingerprint density at radius 1 is 1.47 bits per heavy atom. The van der Waals surface area contributed by atoms with Gasteiger partial charge < -0.3 is 20.4 Å². The second-order valence-corrected chi connectivity index (χ2v) is 4.82. The van der Waals surface area contributed by atoms with E-state index in [1.54, 1.807) is 0 Å². The van der Waals surface area contributed by atoms with Crippen molar-refractivity contribution in [2.75, 3.05) is 24.5 Å². The number of nitrogens with zero attached hydrogens (tertiary/aromatic N) is 3. The summed E-state index contributed by atoms with van der Waals surface area (Å²) in [5.74, 6) is 0.361. The van der Waals surface area contributed by atoms with Crippen LogP contribution in [-0.2, 0) is 11.3 Å². The summed E-state index contributed by atoms with van der Waals surface area (Å²) in [6, 6.07) is 0.538. The summed E-state index contributed by atoms with van der Waals surface area (Å²) < 4.78 is 5.59. The van der Waals surface area contributed by atoms with Gasteiger partial charge in [0.05, 0.1) is 6.54 Å². The highest BCUT2D eigenvalue weighted by atomic mass is 16.4. The van der Waals surface area contributed by atoms with E-state index in [4.69, 9.17) is 10.2 Å². The molecule has 0 radical (unpaired) electrons. The van der Waals surface area contributed by atoms with E-state index in [-0.39, 0.29) is 11.8 Å². The Balaban J connectivity index is 1.84. The number of amides is 1. The molecule has 106 valence electrons. The van der Waals surface area contributed by atoms with Crippen molar-refractivity contribution < 1.29 is 9.21 Å². The van der Waals surface area contributed by atoms with Gasteiger partial charge in [0.2, 0.25) is 11.8 Å². The maximum absolute atomic E-state index is 11.1. The van der Waals surface area contributed by atoms with Gasteiger partial charge in [-0.1, -0.05) is 12.0 Å². The molecule has 1 aliphatic rings. The molecule has 0 unspecified atom stereocenters. The summed E-state index contributed by atoms with van der Waals surface area (Å²) in [6.45, 7) is 5.10. The summed E-state index contributed by atoms with van der Waals surface area (Å²) in [5.41, 5.74) is 5.31. The smallest absolute Gasteiger partial charge is 0.318 e. The van der Waals surface area contributed by atoms with Crippen molar-refractivity contribution in [3.8, 4) is 0 Å². The van der Waals surface area contributed by atoms with Crippen molar-refractivity contribution >= 4 is 11.9 Å². The highest BCUT2D eigenvalue weighted by molar-refractivity contribution is 5.76. The van der Waals surface area contributed by atoms with Gasteiger partial charge in [-0.2, -0.15) is 0 Å². The normalized spacial score (nSPS) is 16.8. The highest BCUT2D eigenvalue weighted by Crippen LogP contribution is 2.21. The van der Waals surface area contributed by atoms with Crippen LogP contribution >= 0.6 is 0 Å². The van der Waals surface area contributed by atoms with Gasteiger partial charge >= 0.3 is 6.01 Å². The van der Waals surface area contributed by atoms with Crippen LogP contribution in [0, 0.1) is 5.92 Å². The third-order valence-electron chi connectivity index (χ3n) is 3.33. The van der Waals surface area contributed by atoms with Crippen molar-refractivity contribution in [1.29, 1.82) is 0 Å². The molecule has 1 aromatic rings. The zero-order valence-electron chi connectivity index (χ0n) is 11.3. The van der Waals surface area contributed by atoms with Crippen molar-refractivity contribution in [2.45, 2.75) is 32.7 Å². The maximum atomic E-state index is 11.1. The Morgan fingerprint density at radius 2 is 2.21 bits per heavy atom. The third kappa shape index (κ3) is 3.66. The fourth-order valence-electron chi connectivity index (χ4n) is 2.17. The number of piperidine rings is 1. The van der Waals surface area contributed by atoms with Crippen LogP contribution in [0.1, 0.15) is 32.1 Å². The number of anilines is 1. The molecule has 2 heterocycles. The van der Waals surface area contributed by atoms with E-state index in [9.17, 15) is 4.79 Å². The number of rotatable bonds is 6. The fraction of sp³-hybridized carbons (Fsp3) is 0.750. The fourth-order valence-corrected chi connectivity index (χ4v) is 2.17. The predicted octanol–water partition coefficient (Wildman–Crippen LogP) is 0.271. The highest BCUT2D eigenvalue weighted by Gasteiger charge is 2.25. The van der Waals surface area contributed by atoms with Gasteiger partial charge in [0, 0.05) is 19.0 Å². The minimum atomic E-state index is -0.213. The van der Waals surface area contributed by atoms with Crippen LogP contribution < -0.4 is 16.0 Å². The largest absolute Gasteiger partial charge is 0.407 e. The lowest BCUT2D eigenvalue weighted by Crippen LogP contribution is -2.38. The molecule has 2 rings (SSSR count). The Labute approximate surface area is 112 Å². The van der Waals surface area contributed by atoms with Crippen LogP contribution in [-0.4, -0.2) is 35.7 Å². The zero-order chi connectivity index (χ0) is 13.7. The number of aromatic nitrogens is 2. The Bertz CT molecular complexity index is 412.